The lowest BCUT2D eigenvalue weighted by Gasteiger charge is -2.12. The van der Waals surface area contributed by atoms with E-state index in [-0.39, 0.29) is 18.8 Å². The number of aliphatic hydroxyl groups excluding tert-OH is 1. The molecular weight excluding hydrogens is 190 g/mol. The average Bonchev–Trinajstić information content (AvgIpc) is 2.78. The lowest BCUT2D eigenvalue weighted by atomic mass is 10.0. The molecule has 3 nitrogen and oxygen atoms in total. The minimum absolute atomic E-state index is 0.0945. The maximum Gasteiger partial charge on any atom is 0.0830 e. The van der Waals surface area contributed by atoms with Crippen LogP contribution >= 0.6 is 0 Å². The van der Waals surface area contributed by atoms with E-state index in [1.54, 1.807) is 0 Å². The minimum Gasteiger partial charge on any atom is -0.392 e. The first-order chi connectivity index (χ1) is 7.33. The largest absolute Gasteiger partial charge is 0.392 e. The predicted octanol–water partition coefficient (Wildman–Crippen LogP) is 1.36. The maximum atomic E-state index is 8.93. The van der Waals surface area contributed by atoms with Gasteiger partial charge in [0.2, 0.25) is 0 Å². The van der Waals surface area contributed by atoms with Crippen molar-refractivity contribution in [1.29, 1.82) is 0 Å². The Labute approximate surface area is 89.9 Å². The molecule has 1 aliphatic rings. The van der Waals surface area contributed by atoms with E-state index in [2.05, 4.69) is 0 Å². The molecule has 0 amide bonds. The molecule has 2 atom stereocenters. The van der Waals surface area contributed by atoms with Gasteiger partial charge in [-0.2, -0.15) is 0 Å². The molecule has 1 aliphatic heterocycles. The van der Waals surface area contributed by atoms with Gasteiger partial charge >= 0.3 is 0 Å². The van der Waals surface area contributed by atoms with Crippen molar-refractivity contribution in [2.75, 3.05) is 6.54 Å². The van der Waals surface area contributed by atoms with Crippen molar-refractivity contribution in [2.45, 2.75) is 31.7 Å². The molecule has 15 heavy (non-hydrogen) atoms. The standard InChI is InChI=1S/C12H17NO2/c13-7-11-5-6-12(15-11)10-3-1-9(8-14)2-4-10/h1-4,11-12,14H,5-8,13H2. The minimum atomic E-state index is 0.0945. The topological polar surface area (TPSA) is 55.5 Å². The number of ether oxygens (including phenoxy) is 1. The van der Waals surface area contributed by atoms with E-state index < -0.39 is 0 Å². The van der Waals surface area contributed by atoms with Gasteiger partial charge < -0.3 is 15.6 Å². The van der Waals surface area contributed by atoms with Gasteiger partial charge in [-0.3, -0.25) is 0 Å². The summed E-state index contributed by atoms with van der Waals surface area (Å²) in [4.78, 5) is 0. The van der Waals surface area contributed by atoms with Crippen molar-refractivity contribution in [3.8, 4) is 0 Å². The summed E-state index contributed by atoms with van der Waals surface area (Å²) in [6.07, 6.45) is 2.49. The molecule has 1 aromatic carbocycles. The second-order valence-electron chi connectivity index (χ2n) is 3.96. The Kier molecular flexibility index (Phi) is 3.36. The van der Waals surface area contributed by atoms with Crippen LogP contribution in [0, 0.1) is 0 Å². The molecule has 0 aromatic heterocycles. The molecule has 0 radical (unpaired) electrons. The maximum absolute atomic E-state index is 8.93. The summed E-state index contributed by atoms with van der Waals surface area (Å²) in [6, 6.07) is 7.92. The van der Waals surface area contributed by atoms with E-state index >= 15 is 0 Å². The number of rotatable bonds is 3. The molecule has 82 valence electrons. The fourth-order valence-corrected chi connectivity index (χ4v) is 1.96. The molecule has 3 N–H and O–H groups in total. The summed E-state index contributed by atoms with van der Waals surface area (Å²) in [5.41, 5.74) is 7.68. The molecule has 0 saturated carbocycles. The summed E-state index contributed by atoms with van der Waals surface area (Å²) in [7, 11) is 0. The summed E-state index contributed by atoms with van der Waals surface area (Å²) >= 11 is 0. The van der Waals surface area contributed by atoms with Crippen LogP contribution in [0.25, 0.3) is 0 Å². The van der Waals surface area contributed by atoms with Gasteiger partial charge in [0.25, 0.3) is 0 Å². The van der Waals surface area contributed by atoms with Gasteiger partial charge in [0.15, 0.2) is 0 Å². The second-order valence-corrected chi connectivity index (χ2v) is 3.96. The summed E-state index contributed by atoms with van der Waals surface area (Å²) in [6.45, 7) is 0.697. The Bertz CT molecular complexity index is 310. The highest BCUT2D eigenvalue weighted by Crippen LogP contribution is 2.32. The van der Waals surface area contributed by atoms with Gasteiger partial charge in [-0.1, -0.05) is 24.3 Å². The van der Waals surface area contributed by atoms with E-state index in [0.717, 1.165) is 18.4 Å². The average molecular weight is 207 g/mol. The molecule has 2 rings (SSSR count). The molecule has 1 aromatic rings. The quantitative estimate of drug-likeness (QED) is 0.786. The number of benzene rings is 1. The predicted molar refractivity (Wildman–Crippen MR) is 58.3 cm³/mol. The molecule has 1 saturated heterocycles. The summed E-state index contributed by atoms with van der Waals surface area (Å²) < 4.78 is 5.78. The summed E-state index contributed by atoms with van der Waals surface area (Å²) in [5.74, 6) is 0. The van der Waals surface area contributed by atoms with Crippen molar-refractivity contribution in [1.82, 2.24) is 0 Å². The number of hydrogen-bond acceptors (Lipinski definition) is 3. The number of nitrogens with two attached hydrogens (primary N) is 1. The summed E-state index contributed by atoms with van der Waals surface area (Å²) in [5, 5.41) is 8.93. The van der Waals surface area contributed by atoms with Gasteiger partial charge in [0.1, 0.15) is 0 Å². The van der Waals surface area contributed by atoms with Crippen LogP contribution < -0.4 is 5.73 Å². The van der Waals surface area contributed by atoms with Crippen LogP contribution in [0.4, 0.5) is 0 Å². The van der Waals surface area contributed by atoms with Crippen LogP contribution in [0.3, 0.4) is 0 Å². The monoisotopic (exact) mass is 207 g/mol. The van der Waals surface area contributed by atoms with E-state index in [9.17, 15) is 0 Å². The fraction of sp³-hybridized carbons (Fsp3) is 0.500. The Morgan fingerprint density at radius 2 is 2.00 bits per heavy atom. The lowest BCUT2D eigenvalue weighted by molar-refractivity contribution is 0.0498. The van der Waals surface area contributed by atoms with Crippen molar-refractivity contribution < 1.29 is 9.84 Å². The highest BCUT2D eigenvalue weighted by Gasteiger charge is 2.25. The van der Waals surface area contributed by atoms with E-state index in [1.165, 1.54) is 5.56 Å². The van der Waals surface area contributed by atoms with Gasteiger partial charge in [-0.25, -0.2) is 0 Å². The first-order valence-electron chi connectivity index (χ1n) is 5.38. The molecule has 3 heteroatoms. The van der Waals surface area contributed by atoms with E-state index in [0.29, 0.717) is 6.54 Å². The smallest absolute Gasteiger partial charge is 0.0830 e. The molecule has 1 fully saturated rings. The highest BCUT2D eigenvalue weighted by molar-refractivity contribution is 5.24. The SMILES string of the molecule is NCC1CCC(c2ccc(CO)cc2)O1. The van der Waals surface area contributed by atoms with Crippen LogP contribution in [0.15, 0.2) is 24.3 Å². The Morgan fingerprint density at radius 1 is 1.27 bits per heavy atom. The Balaban J connectivity index is 2.04. The van der Waals surface area contributed by atoms with Crippen molar-refractivity contribution >= 4 is 0 Å². The van der Waals surface area contributed by atoms with E-state index in [4.69, 9.17) is 15.6 Å². The molecule has 1 heterocycles. The zero-order valence-electron chi connectivity index (χ0n) is 8.73. The third-order valence-corrected chi connectivity index (χ3v) is 2.90. The number of hydrogen-bond donors (Lipinski definition) is 2. The van der Waals surface area contributed by atoms with Gasteiger partial charge in [-0.15, -0.1) is 0 Å². The van der Waals surface area contributed by atoms with Crippen LogP contribution in [0.2, 0.25) is 0 Å². The normalized spacial score (nSPS) is 25.7. The van der Waals surface area contributed by atoms with Crippen LogP contribution in [0.5, 0.6) is 0 Å². The molecular formula is C12H17NO2. The van der Waals surface area contributed by atoms with Crippen molar-refractivity contribution in [3.05, 3.63) is 35.4 Å². The third kappa shape index (κ3) is 2.37. The molecule has 2 unspecified atom stereocenters. The van der Waals surface area contributed by atoms with Gasteiger partial charge in [-0.05, 0) is 24.0 Å². The number of aliphatic hydroxyl groups is 1. The second kappa shape index (κ2) is 4.75. The van der Waals surface area contributed by atoms with Crippen LogP contribution in [0.1, 0.15) is 30.1 Å². The molecule has 0 bridgehead atoms. The van der Waals surface area contributed by atoms with Gasteiger partial charge in [0.05, 0.1) is 18.8 Å². The van der Waals surface area contributed by atoms with Crippen LogP contribution in [-0.4, -0.2) is 17.8 Å². The first-order valence-corrected chi connectivity index (χ1v) is 5.38. The highest BCUT2D eigenvalue weighted by atomic mass is 16.5. The fourth-order valence-electron chi connectivity index (χ4n) is 1.96. The lowest BCUT2D eigenvalue weighted by Crippen LogP contribution is -2.18. The van der Waals surface area contributed by atoms with Crippen molar-refractivity contribution in [3.63, 3.8) is 0 Å². The molecule has 0 aliphatic carbocycles. The van der Waals surface area contributed by atoms with Crippen LogP contribution in [-0.2, 0) is 11.3 Å². The van der Waals surface area contributed by atoms with E-state index in [1.807, 2.05) is 24.3 Å². The van der Waals surface area contributed by atoms with Gasteiger partial charge in [0, 0.05) is 6.54 Å². The first kappa shape index (κ1) is 10.6. The third-order valence-electron chi connectivity index (χ3n) is 2.90. The zero-order chi connectivity index (χ0) is 10.7. The Morgan fingerprint density at radius 3 is 2.53 bits per heavy atom. The Hall–Kier alpha value is -0.900. The zero-order valence-corrected chi connectivity index (χ0v) is 8.73. The van der Waals surface area contributed by atoms with Crippen molar-refractivity contribution in [2.24, 2.45) is 5.73 Å². The molecule has 0 spiro atoms.